The second kappa shape index (κ2) is 8.13. The van der Waals surface area contributed by atoms with E-state index in [1.165, 1.54) is 25.3 Å². The summed E-state index contributed by atoms with van der Waals surface area (Å²) >= 11 is 6.68. The van der Waals surface area contributed by atoms with Gasteiger partial charge >= 0.3 is 6.03 Å². The number of imide groups is 2. The first-order valence-electron chi connectivity index (χ1n) is 7.92. The largest absolute Gasteiger partial charge is 0.494 e. The number of halogens is 2. The average Bonchev–Trinajstić information content (AvgIpc) is 2.65. The number of nitro groups is 1. The lowest BCUT2D eigenvalue weighted by molar-refractivity contribution is -0.384. The molecular weight excluding hydrogens is 514 g/mol. The smallest absolute Gasteiger partial charge is 0.335 e. The molecule has 0 aromatic heterocycles. The number of nitrogens with one attached hydrogen (secondary N) is 1. The molecule has 11 heteroatoms. The van der Waals surface area contributed by atoms with Crippen LogP contribution in [0.25, 0.3) is 6.08 Å². The molecule has 9 nitrogen and oxygen atoms in total. The van der Waals surface area contributed by atoms with E-state index in [4.69, 9.17) is 4.74 Å². The molecule has 0 atom stereocenters. The van der Waals surface area contributed by atoms with Gasteiger partial charge in [-0.15, -0.1) is 0 Å². The van der Waals surface area contributed by atoms with Crippen LogP contribution in [0.5, 0.6) is 5.75 Å². The summed E-state index contributed by atoms with van der Waals surface area (Å²) < 4.78 is 6.40. The van der Waals surface area contributed by atoms with Gasteiger partial charge in [0.1, 0.15) is 11.3 Å². The number of barbiturate groups is 1. The number of anilines is 1. The van der Waals surface area contributed by atoms with Crippen molar-refractivity contribution < 1.29 is 24.0 Å². The van der Waals surface area contributed by atoms with Gasteiger partial charge in [0.25, 0.3) is 17.5 Å². The van der Waals surface area contributed by atoms with Crippen molar-refractivity contribution in [3.63, 3.8) is 0 Å². The van der Waals surface area contributed by atoms with Gasteiger partial charge in [-0.05, 0) is 67.8 Å². The van der Waals surface area contributed by atoms with Crippen LogP contribution in [0.1, 0.15) is 5.56 Å². The van der Waals surface area contributed by atoms with Crippen LogP contribution in [0.2, 0.25) is 0 Å². The Balaban J connectivity index is 2.01. The molecule has 1 aliphatic heterocycles. The van der Waals surface area contributed by atoms with E-state index in [0.717, 1.165) is 17.0 Å². The van der Waals surface area contributed by atoms with Gasteiger partial charge in [-0.3, -0.25) is 25.0 Å². The molecule has 2 aromatic carbocycles. The van der Waals surface area contributed by atoms with Crippen LogP contribution in [0.15, 0.2) is 50.9 Å². The van der Waals surface area contributed by atoms with Gasteiger partial charge < -0.3 is 4.74 Å². The summed E-state index contributed by atoms with van der Waals surface area (Å²) in [6.45, 7) is 0. The number of hydrogen-bond acceptors (Lipinski definition) is 6. The number of carbonyl (C=O) groups is 3. The summed E-state index contributed by atoms with van der Waals surface area (Å²) in [4.78, 5) is 48.2. The van der Waals surface area contributed by atoms with Crippen LogP contribution in [-0.4, -0.2) is 29.9 Å². The summed E-state index contributed by atoms with van der Waals surface area (Å²) in [6.07, 6.45) is 1.33. The predicted molar refractivity (Wildman–Crippen MR) is 110 cm³/mol. The molecule has 1 heterocycles. The normalized spacial score (nSPS) is 15.5. The first-order chi connectivity index (χ1) is 13.7. The molecular formula is C18H11Br2N3O6. The summed E-state index contributed by atoms with van der Waals surface area (Å²) in [6, 6.07) is 7.17. The van der Waals surface area contributed by atoms with Crippen molar-refractivity contribution in [2.75, 3.05) is 12.0 Å². The van der Waals surface area contributed by atoms with Gasteiger partial charge in [0.2, 0.25) is 0 Å². The second-order valence-electron chi connectivity index (χ2n) is 5.75. The number of hydrogen-bond donors (Lipinski definition) is 1. The standard InChI is InChI=1S/C18H11Br2N3O6/c1-29-15-13(19)7-9(8-14(15)20)6-12-16(24)21-18(26)22(17(12)25)10-2-4-11(5-3-10)23(27)28/h2-8H,1H3,(H,21,24,26)/b12-6+. The zero-order valence-corrected chi connectivity index (χ0v) is 17.8. The van der Waals surface area contributed by atoms with Crippen LogP contribution in [-0.2, 0) is 9.59 Å². The molecule has 2 aromatic rings. The Labute approximate surface area is 180 Å². The number of urea groups is 1. The van der Waals surface area contributed by atoms with Crippen LogP contribution in [0.3, 0.4) is 0 Å². The Kier molecular flexibility index (Phi) is 5.80. The minimum Gasteiger partial charge on any atom is -0.494 e. The fraction of sp³-hybridized carbons (Fsp3) is 0.0556. The lowest BCUT2D eigenvalue weighted by atomic mass is 10.1. The maximum absolute atomic E-state index is 12.9. The molecule has 1 saturated heterocycles. The van der Waals surface area contributed by atoms with Crippen LogP contribution in [0.4, 0.5) is 16.2 Å². The van der Waals surface area contributed by atoms with Gasteiger partial charge in [0.15, 0.2) is 0 Å². The number of nitro benzene ring substituents is 1. The van der Waals surface area contributed by atoms with Gasteiger partial charge in [-0.1, -0.05) is 0 Å². The van der Waals surface area contributed by atoms with Crippen molar-refractivity contribution in [2.45, 2.75) is 0 Å². The highest BCUT2D eigenvalue weighted by molar-refractivity contribution is 9.11. The predicted octanol–water partition coefficient (Wildman–Crippen LogP) is 3.79. The Bertz CT molecular complexity index is 1060. The Hall–Kier alpha value is -3.05. The van der Waals surface area contributed by atoms with E-state index in [1.807, 2.05) is 0 Å². The van der Waals surface area contributed by atoms with Crippen LogP contribution < -0.4 is 15.0 Å². The highest BCUT2D eigenvalue weighted by atomic mass is 79.9. The highest BCUT2D eigenvalue weighted by Gasteiger charge is 2.37. The Morgan fingerprint density at radius 1 is 1.10 bits per heavy atom. The van der Waals surface area contributed by atoms with Gasteiger partial charge in [0, 0.05) is 12.1 Å². The van der Waals surface area contributed by atoms with Crippen LogP contribution in [0, 0.1) is 10.1 Å². The van der Waals surface area contributed by atoms with Crippen molar-refractivity contribution >= 4 is 67.2 Å². The van der Waals surface area contributed by atoms with Gasteiger partial charge in [-0.25, -0.2) is 9.69 Å². The molecule has 4 amide bonds. The van der Waals surface area contributed by atoms with E-state index in [9.17, 15) is 24.5 Å². The van der Waals surface area contributed by atoms with E-state index in [2.05, 4.69) is 37.2 Å². The third-order valence-electron chi connectivity index (χ3n) is 3.96. The summed E-state index contributed by atoms with van der Waals surface area (Å²) in [5, 5.41) is 12.9. The fourth-order valence-electron chi connectivity index (χ4n) is 2.64. The average molecular weight is 525 g/mol. The number of ether oxygens (including phenoxy) is 1. The Morgan fingerprint density at radius 2 is 1.69 bits per heavy atom. The van der Waals surface area contributed by atoms with E-state index >= 15 is 0 Å². The summed E-state index contributed by atoms with van der Waals surface area (Å²) in [5.74, 6) is -1.16. The maximum atomic E-state index is 12.9. The number of amides is 4. The minimum absolute atomic E-state index is 0.0913. The number of non-ortho nitro benzene ring substituents is 1. The molecule has 0 aliphatic carbocycles. The van der Waals surface area contributed by atoms with Crippen molar-refractivity contribution in [3.05, 3.63) is 66.6 Å². The lowest BCUT2D eigenvalue weighted by Crippen LogP contribution is -2.54. The Morgan fingerprint density at radius 3 is 2.21 bits per heavy atom. The first-order valence-corrected chi connectivity index (χ1v) is 9.50. The fourth-order valence-corrected chi connectivity index (χ4v) is 4.19. The lowest BCUT2D eigenvalue weighted by Gasteiger charge is -2.26. The second-order valence-corrected chi connectivity index (χ2v) is 7.46. The molecule has 0 unspecified atom stereocenters. The van der Waals surface area contributed by atoms with Crippen molar-refractivity contribution in [1.29, 1.82) is 0 Å². The maximum Gasteiger partial charge on any atom is 0.335 e. The highest BCUT2D eigenvalue weighted by Crippen LogP contribution is 2.35. The molecule has 0 radical (unpaired) electrons. The van der Waals surface area contributed by atoms with E-state index in [-0.39, 0.29) is 16.9 Å². The summed E-state index contributed by atoms with van der Waals surface area (Å²) in [5.41, 5.74) is 0.125. The molecule has 1 N–H and O–H groups in total. The molecule has 148 valence electrons. The molecule has 29 heavy (non-hydrogen) atoms. The van der Waals surface area contributed by atoms with Gasteiger partial charge in [0.05, 0.1) is 26.7 Å². The zero-order chi connectivity index (χ0) is 21.3. The third-order valence-corrected chi connectivity index (χ3v) is 5.13. The number of carbonyl (C=O) groups excluding carboxylic acids is 3. The quantitative estimate of drug-likeness (QED) is 0.281. The number of benzene rings is 2. The van der Waals surface area contributed by atoms with E-state index < -0.39 is 22.8 Å². The van der Waals surface area contributed by atoms with Gasteiger partial charge in [-0.2, -0.15) is 0 Å². The number of methoxy groups -OCH3 is 1. The monoisotopic (exact) mass is 523 g/mol. The minimum atomic E-state index is -0.942. The van der Waals surface area contributed by atoms with Crippen LogP contribution >= 0.6 is 31.9 Å². The van der Waals surface area contributed by atoms with Crippen molar-refractivity contribution in [2.24, 2.45) is 0 Å². The zero-order valence-electron chi connectivity index (χ0n) is 14.6. The summed E-state index contributed by atoms with van der Waals surface area (Å²) in [7, 11) is 1.49. The molecule has 1 aliphatic rings. The molecule has 1 fully saturated rings. The first kappa shape index (κ1) is 20.7. The van der Waals surface area contributed by atoms with Crippen molar-refractivity contribution in [1.82, 2.24) is 5.32 Å². The molecule has 3 rings (SSSR count). The number of rotatable bonds is 4. The third kappa shape index (κ3) is 4.05. The molecule has 0 spiro atoms. The molecule has 0 saturated carbocycles. The van der Waals surface area contributed by atoms with Crippen molar-refractivity contribution in [3.8, 4) is 5.75 Å². The SMILES string of the molecule is COc1c(Br)cc(/C=C2\C(=O)NC(=O)N(c3ccc([N+](=O)[O-])cc3)C2=O)cc1Br. The molecule has 0 bridgehead atoms. The number of nitrogens with zero attached hydrogens (tertiary/aromatic N) is 2. The topological polar surface area (TPSA) is 119 Å². The van der Waals surface area contributed by atoms with E-state index in [0.29, 0.717) is 20.3 Å². The van der Waals surface area contributed by atoms with E-state index in [1.54, 1.807) is 12.1 Å².